The van der Waals surface area contributed by atoms with Crippen LogP contribution in [0.3, 0.4) is 0 Å². The molecule has 2 N–H and O–H groups in total. The predicted octanol–water partition coefficient (Wildman–Crippen LogP) is 1.60. The van der Waals surface area contributed by atoms with Crippen molar-refractivity contribution in [2.75, 3.05) is 37.6 Å². The SMILES string of the molecule is NC(=O)CN1CCN(c2cccc(Cl)c2Cl)CC1. The molecule has 0 saturated carbocycles. The zero-order valence-corrected chi connectivity index (χ0v) is 11.4. The molecule has 1 aliphatic heterocycles. The van der Waals surface area contributed by atoms with Crippen molar-refractivity contribution in [2.24, 2.45) is 5.73 Å². The fourth-order valence-corrected chi connectivity index (χ4v) is 2.52. The minimum Gasteiger partial charge on any atom is -0.369 e. The van der Waals surface area contributed by atoms with Crippen LogP contribution in [0, 0.1) is 0 Å². The number of rotatable bonds is 3. The highest BCUT2D eigenvalue weighted by molar-refractivity contribution is 6.43. The Morgan fingerprint density at radius 1 is 1.22 bits per heavy atom. The summed E-state index contributed by atoms with van der Waals surface area (Å²) in [6.07, 6.45) is 0. The van der Waals surface area contributed by atoms with E-state index in [-0.39, 0.29) is 5.91 Å². The summed E-state index contributed by atoms with van der Waals surface area (Å²) in [5.74, 6) is -0.288. The fourth-order valence-electron chi connectivity index (χ4n) is 2.10. The number of benzene rings is 1. The van der Waals surface area contributed by atoms with Crippen LogP contribution in [0.1, 0.15) is 0 Å². The van der Waals surface area contributed by atoms with Crippen molar-refractivity contribution in [3.63, 3.8) is 0 Å². The van der Waals surface area contributed by atoms with Crippen molar-refractivity contribution in [1.29, 1.82) is 0 Å². The van der Waals surface area contributed by atoms with Crippen molar-refractivity contribution >= 4 is 34.8 Å². The molecule has 2 rings (SSSR count). The molecule has 0 unspecified atom stereocenters. The van der Waals surface area contributed by atoms with E-state index >= 15 is 0 Å². The van der Waals surface area contributed by atoms with E-state index in [2.05, 4.69) is 4.90 Å². The summed E-state index contributed by atoms with van der Waals surface area (Å²) >= 11 is 12.2. The van der Waals surface area contributed by atoms with Gasteiger partial charge in [0.25, 0.3) is 0 Å². The summed E-state index contributed by atoms with van der Waals surface area (Å²) in [4.78, 5) is 15.1. The third-order valence-corrected chi connectivity index (χ3v) is 3.83. The van der Waals surface area contributed by atoms with Crippen LogP contribution in [0.15, 0.2) is 18.2 Å². The number of piperazine rings is 1. The van der Waals surface area contributed by atoms with Crippen molar-refractivity contribution in [2.45, 2.75) is 0 Å². The van der Waals surface area contributed by atoms with Gasteiger partial charge in [0.2, 0.25) is 5.91 Å². The van der Waals surface area contributed by atoms with E-state index in [1.165, 1.54) is 0 Å². The standard InChI is InChI=1S/C12H15Cl2N3O/c13-9-2-1-3-10(12(9)14)17-6-4-16(5-7-17)8-11(15)18/h1-3H,4-8H2,(H2,15,18). The van der Waals surface area contributed by atoms with E-state index in [9.17, 15) is 4.79 Å². The lowest BCUT2D eigenvalue weighted by Crippen LogP contribution is -2.49. The summed E-state index contributed by atoms with van der Waals surface area (Å²) in [6.45, 7) is 3.54. The Kier molecular flexibility index (Phi) is 4.32. The third kappa shape index (κ3) is 3.07. The van der Waals surface area contributed by atoms with E-state index < -0.39 is 0 Å². The number of carbonyl (C=O) groups excluding carboxylic acids is 1. The van der Waals surface area contributed by atoms with Gasteiger partial charge in [-0.2, -0.15) is 0 Å². The molecule has 1 aliphatic rings. The fraction of sp³-hybridized carbons (Fsp3) is 0.417. The highest BCUT2D eigenvalue weighted by atomic mass is 35.5. The molecule has 1 amide bonds. The van der Waals surface area contributed by atoms with Crippen molar-refractivity contribution in [3.8, 4) is 0 Å². The van der Waals surface area contributed by atoms with E-state index in [1.807, 2.05) is 17.0 Å². The molecule has 0 aliphatic carbocycles. The quantitative estimate of drug-likeness (QED) is 0.919. The zero-order chi connectivity index (χ0) is 13.1. The molecule has 0 radical (unpaired) electrons. The van der Waals surface area contributed by atoms with E-state index in [0.29, 0.717) is 16.6 Å². The number of nitrogens with two attached hydrogens (primary N) is 1. The van der Waals surface area contributed by atoms with E-state index in [0.717, 1.165) is 31.9 Å². The Bertz CT molecular complexity index is 445. The molecule has 1 saturated heterocycles. The Balaban J connectivity index is 2.01. The molecule has 1 aromatic carbocycles. The summed E-state index contributed by atoms with van der Waals surface area (Å²) < 4.78 is 0. The molecular weight excluding hydrogens is 273 g/mol. The van der Waals surface area contributed by atoms with Gasteiger partial charge in [-0.1, -0.05) is 29.3 Å². The second-order valence-corrected chi connectivity index (χ2v) is 5.09. The van der Waals surface area contributed by atoms with Gasteiger partial charge in [0.05, 0.1) is 22.3 Å². The number of hydrogen-bond donors (Lipinski definition) is 1. The Labute approximate surface area is 116 Å². The van der Waals surface area contributed by atoms with Gasteiger partial charge in [0, 0.05) is 26.2 Å². The first-order chi connectivity index (χ1) is 8.58. The Hall–Kier alpha value is -0.970. The normalized spacial score (nSPS) is 16.9. The van der Waals surface area contributed by atoms with Gasteiger partial charge in [-0.15, -0.1) is 0 Å². The zero-order valence-electron chi connectivity index (χ0n) is 9.90. The van der Waals surface area contributed by atoms with E-state index in [1.54, 1.807) is 6.07 Å². The van der Waals surface area contributed by atoms with E-state index in [4.69, 9.17) is 28.9 Å². The smallest absolute Gasteiger partial charge is 0.231 e. The summed E-state index contributed by atoms with van der Waals surface area (Å²) in [7, 11) is 0. The molecule has 4 nitrogen and oxygen atoms in total. The van der Waals surface area contributed by atoms with Gasteiger partial charge in [0.15, 0.2) is 0 Å². The van der Waals surface area contributed by atoms with Gasteiger partial charge < -0.3 is 10.6 Å². The number of hydrogen-bond acceptors (Lipinski definition) is 3. The van der Waals surface area contributed by atoms with Crippen LogP contribution < -0.4 is 10.6 Å². The van der Waals surface area contributed by atoms with Crippen LogP contribution in [0.5, 0.6) is 0 Å². The average Bonchev–Trinajstić information content (AvgIpc) is 2.33. The predicted molar refractivity (Wildman–Crippen MR) is 74.3 cm³/mol. The van der Waals surface area contributed by atoms with Gasteiger partial charge in [-0.05, 0) is 12.1 Å². The molecular formula is C12H15Cl2N3O. The first-order valence-corrected chi connectivity index (χ1v) is 6.53. The number of anilines is 1. The van der Waals surface area contributed by atoms with Gasteiger partial charge in [-0.3, -0.25) is 9.69 Å². The number of nitrogens with zero attached hydrogens (tertiary/aromatic N) is 2. The third-order valence-electron chi connectivity index (χ3n) is 3.02. The molecule has 0 atom stereocenters. The Morgan fingerprint density at radius 2 is 1.89 bits per heavy atom. The molecule has 0 aromatic heterocycles. The molecule has 18 heavy (non-hydrogen) atoms. The topological polar surface area (TPSA) is 49.6 Å². The molecule has 6 heteroatoms. The number of carbonyl (C=O) groups is 1. The van der Waals surface area contributed by atoms with Crippen LogP contribution in [-0.4, -0.2) is 43.5 Å². The minimum atomic E-state index is -0.288. The molecule has 1 heterocycles. The highest BCUT2D eigenvalue weighted by Gasteiger charge is 2.20. The summed E-state index contributed by atoms with van der Waals surface area (Å²) in [5.41, 5.74) is 6.13. The molecule has 0 bridgehead atoms. The second kappa shape index (κ2) is 5.78. The van der Waals surface area contributed by atoms with Crippen LogP contribution in [0.2, 0.25) is 10.0 Å². The lowest BCUT2D eigenvalue weighted by molar-refractivity contribution is -0.119. The maximum absolute atomic E-state index is 10.8. The van der Waals surface area contributed by atoms with Gasteiger partial charge in [0.1, 0.15) is 0 Å². The second-order valence-electron chi connectivity index (χ2n) is 4.30. The monoisotopic (exact) mass is 287 g/mol. The largest absolute Gasteiger partial charge is 0.369 e. The van der Waals surface area contributed by atoms with Crippen molar-refractivity contribution < 1.29 is 4.79 Å². The van der Waals surface area contributed by atoms with Crippen LogP contribution >= 0.6 is 23.2 Å². The summed E-state index contributed by atoms with van der Waals surface area (Å²) in [6, 6.07) is 5.62. The average molecular weight is 288 g/mol. The maximum atomic E-state index is 10.8. The molecule has 1 aromatic rings. The van der Waals surface area contributed by atoms with Crippen LogP contribution in [-0.2, 0) is 4.79 Å². The first-order valence-electron chi connectivity index (χ1n) is 5.77. The maximum Gasteiger partial charge on any atom is 0.231 e. The summed E-state index contributed by atoms with van der Waals surface area (Å²) in [5, 5.41) is 1.15. The lowest BCUT2D eigenvalue weighted by Gasteiger charge is -2.35. The Morgan fingerprint density at radius 3 is 2.50 bits per heavy atom. The molecule has 98 valence electrons. The number of primary amides is 1. The van der Waals surface area contributed by atoms with Crippen molar-refractivity contribution in [3.05, 3.63) is 28.2 Å². The minimum absolute atomic E-state index is 0.288. The highest BCUT2D eigenvalue weighted by Crippen LogP contribution is 2.32. The lowest BCUT2D eigenvalue weighted by atomic mass is 10.2. The number of halogens is 2. The van der Waals surface area contributed by atoms with Crippen molar-refractivity contribution in [1.82, 2.24) is 4.90 Å². The van der Waals surface area contributed by atoms with Gasteiger partial charge in [-0.25, -0.2) is 0 Å². The van der Waals surface area contributed by atoms with Crippen LogP contribution in [0.4, 0.5) is 5.69 Å². The molecule has 0 spiro atoms. The first kappa shape index (κ1) is 13.5. The molecule has 1 fully saturated rings. The number of amides is 1. The van der Waals surface area contributed by atoms with Gasteiger partial charge >= 0.3 is 0 Å². The van der Waals surface area contributed by atoms with Crippen LogP contribution in [0.25, 0.3) is 0 Å².